The Morgan fingerprint density at radius 2 is 0.960 bits per heavy atom. The molecule has 0 aliphatic carbocycles. The van der Waals surface area contributed by atoms with Crippen LogP contribution >= 0.6 is 0 Å². The number of ether oxygens (including phenoxy) is 2. The Labute approximate surface area is 153 Å². The molecule has 0 saturated heterocycles. The van der Waals surface area contributed by atoms with Gasteiger partial charge in [0.2, 0.25) is 0 Å². The number of hydrogen-bond acceptors (Lipinski definition) is 8. The van der Waals surface area contributed by atoms with E-state index in [1.54, 1.807) is 0 Å². The molecule has 25 heavy (non-hydrogen) atoms. The molecule has 9 heteroatoms. The third-order valence-electron chi connectivity index (χ3n) is 3.66. The second-order valence-corrected chi connectivity index (χ2v) is 15.8. The summed E-state index contributed by atoms with van der Waals surface area (Å²) >= 11 is -3.81. The fraction of sp³-hybridized carbons (Fsp3) is 0.750. The van der Waals surface area contributed by atoms with E-state index >= 15 is 0 Å². The first-order chi connectivity index (χ1) is 11.8. The van der Waals surface area contributed by atoms with E-state index in [-0.39, 0.29) is 37.6 Å². The summed E-state index contributed by atoms with van der Waals surface area (Å²) in [7, 11) is 2.58. The van der Waals surface area contributed by atoms with E-state index in [1.165, 1.54) is 14.2 Å². The first-order valence-corrected chi connectivity index (χ1v) is 14.8. The maximum absolute atomic E-state index is 12.0. The van der Waals surface area contributed by atoms with E-state index in [2.05, 4.69) is 9.47 Å². The molecule has 0 atom stereocenters. The summed E-state index contributed by atoms with van der Waals surface area (Å²) in [6, 6.07) is 0. The van der Waals surface area contributed by atoms with Crippen molar-refractivity contribution < 1.29 is 34.8 Å². The van der Waals surface area contributed by atoms with Gasteiger partial charge in [0, 0.05) is 0 Å². The molecule has 0 saturated carbocycles. The summed E-state index contributed by atoms with van der Waals surface area (Å²) in [5, 5.41) is 0. The van der Waals surface area contributed by atoms with E-state index in [1.807, 2.05) is 13.8 Å². The molecule has 0 aliphatic rings. The second kappa shape index (κ2) is 13.0. The number of hydrogen-bond donors (Lipinski definition) is 0. The zero-order valence-electron chi connectivity index (χ0n) is 15.4. The SMILES string of the molecule is C[CH2][Sn]([CH2]C)([O]C(=O)CCCC(=O)OC)[O]C(=O)CCCC(=O)OC. The van der Waals surface area contributed by atoms with Gasteiger partial charge in [-0.3, -0.25) is 0 Å². The molecule has 0 amide bonds. The molecule has 0 heterocycles. The van der Waals surface area contributed by atoms with Crippen molar-refractivity contribution in [2.24, 2.45) is 0 Å². The minimum atomic E-state index is -3.81. The molecule has 0 aromatic rings. The van der Waals surface area contributed by atoms with Gasteiger partial charge in [-0.15, -0.1) is 0 Å². The van der Waals surface area contributed by atoms with Gasteiger partial charge in [-0.05, 0) is 0 Å². The fourth-order valence-corrected chi connectivity index (χ4v) is 8.18. The van der Waals surface area contributed by atoms with Crippen LogP contribution in [0.4, 0.5) is 0 Å². The summed E-state index contributed by atoms with van der Waals surface area (Å²) in [5.41, 5.74) is 0. The quantitative estimate of drug-likeness (QED) is 0.318. The minimum absolute atomic E-state index is 0.0770. The van der Waals surface area contributed by atoms with Crippen LogP contribution in [0.15, 0.2) is 0 Å². The Morgan fingerprint density at radius 3 is 1.24 bits per heavy atom. The zero-order valence-corrected chi connectivity index (χ0v) is 18.3. The molecule has 0 unspecified atom stereocenters. The molecule has 0 aromatic carbocycles. The molecule has 0 aliphatic heterocycles. The predicted octanol–water partition coefficient (Wildman–Crippen LogP) is 2.24. The standard InChI is InChI=1S/2C6H10O4.2C2H5.Sn/c2*1-10-6(9)4-2-3-5(7)8;2*1-2;/h2*2-4H2,1H3,(H,7,8);2*1H2,2H3;/q;;;;+2/p-2. The van der Waals surface area contributed by atoms with Gasteiger partial charge in [0.15, 0.2) is 0 Å². The molecule has 0 bridgehead atoms. The van der Waals surface area contributed by atoms with Crippen LogP contribution in [0.25, 0.3) is 0 Å². The molecule has 0 rings (SSSR count). The number of carbonyl (C=O) groups is 4. The summed E-state index contributed by atoms with van der Waals surface area (Å²) in [5.74, 6) is -1.67. The predicted molar refractivity (Wildman–Crippen MR) is 90.6 cm³/mol. The average Bonchev–Trinajstić information content (AvgIpc) is 2.60. The van der Waals surface area contributed by atoms with E-state index in [0.717, 1.165) is 0 Å². The third-order valence-corrected chi connectivity index (χ3v) is 13.2. The van der Waals surface area contributed by atoms with Crippen molar-refractivity contribution in [2.75, 3.05) is 14.2 Å². The van der Waals surface area contributed by atoms with Crippen LogP contribution in [0.1, 0.15) is 52.4 Å². The molecule has 8 nitrogen and oxygen atoms in total. The average molecular weight is 467 g/mol. The van der Waals surface area contributed by atoms with Crippen molar-refractivity contribution >= 4 is 43.1 Å². The molecular weight excluding hydrogens is 439 g/mol. The Hall–Kier alpha value is -1.32. The Morgan fingerprint density at radius 1 is 0.640 bits per heavy atom. The Bertz CT molecular complexity index is 421. The first-order valence-electron chi connectivity index (χ1n) is 8.39. The van der Waals surface area contributed by atoms with Crippen LogP contribution < -0.4 is 0 Å². The summed E-state index contributed by atoms with van der Waals surface area (Å²) < 4.78 is 21.2. The van der Waals surface area contributed by atoms with Crippen LogP contribution in [0.2, 0.25) is 8.87 Å². The van der Waals surface area contributed by atoms with Crippen molar-refractivity contribution in [1.29, 1.82) is 0 Å². The molecule has 0 radical (unpaired) electrons. The van der Waals surface area contributed by atoms with E-state index < -0.39 is 31.1 Å². The van der Waals surface area contributed by atoms with Gasteiger partial charge in [0.1, 0.15) is 0 Å². The molecule has 0 fully saturated rings. The van der Waals surface area contributed by atoms with Crippen LogP contribution in [-0.2, 0) is 34.8 Å². The third kappa shape index (κ3) is 10.3. The molecule has 144 valence electrons. The Balaban J connectivity index is 4.46. The molecule has 0 aromatic heterocycles. The van der Waals surface area contributed by atoms with Crippen molar-refractivity contribution in [1.82, 2.24) is 0 Å². The molecule has 0 spiro atoms. The van der Waals surface area contributed by atoms with Gasteiger partial charge in [-0.25, -0.2) is 0 Å². The number of rotatable bonds is 12. The van der Waals surface area contributed by atoms with Gasteiger partial charge >= 0.3 is 153 Å². The molecule has 0 N–H and O–H groups in total. The van der Waals surface area contributed by atoms with Gasteiger partial charge in [-0.2, -0.15) is 0 Å². The number of methoxy groups -OCH3 is 2. The van der Waals surface area contributed by atoms with Gasteiger partial charge in [0.05, 0.1) is 0 Å². The number of esters is 2. The van der Waals surface area contributed by atoms with Gasteiger partial charge in [-0.1, -0.05) is 0 Å². The van der Waals surface area contributed by atoms with E-state index in [4.69, 9.17) is 6.15 Å². The van der Waals surface area contributed by atoms with E-state index in [0.29, 0.717) is 21.7 Å². The maximum atomic E-state index is 12.0. The second-order valence-electron chi connectivity index (χ2n) is 5.43. The van der Waals surface area contributed by atoms with Crippen LogP contribution in [0.5, 0.6) is 0 Å². The van der Waals surface area contributed by atoms with Gasteiger partial charge < -0.3 is 0 Å². The van der Waals surface area contributed by atoms with Crippen molar-refractivity contribution in [3.8, 4) is 0 Å². The van der Waals surface area contributed by atoms with E-state index in [9.17, 15) is 19.2 Å². The number of carbonyl (C=O) groups excluding carboxylic acids is 4. The summed E-state index contributed by atoms with van der Waals surface area (Å²) in [6.07, 6.45) is 1.09. The van der Waals surface area contributed by atoms with Crippen LogP contribution in [-0.4, -0.2) is 57.3 Å². The van der Waals surface area contributed by atoms with Crippen LogP contribution in [0.3, 0.4) is 0 Å². The first kappa shape index (κ1) is 23.7. The van der Waals surface area contributed by atoms with Crippen molar-refractivity contribution in [2.45, 2.75) is 61.2 Å². The zero-order chi connectivity index (χ0) is 19.3. The fourth-order valence-electron chi connectivity index (χ4n) is 2.03. The van der Waals surface area contributed by atoms with Crippen molar-refractivity contribution in [3.63, 3.8) is 0 Å². The normalized spacial score (nSPS) is 10.7. The Kier molecular flexibility index (Phi) is 12.3. The summed E-state index contributed by atoms with van der Waals surface area (Å²) in [4.78, 5) is 46.1. The summed E-state index contributed by atoms with van der Waals surface area (Å²) in [6.45, 7) is 3.67. The topological polar surface area (TPSA) is 105 Å². The monoisotopic (exact) mass is 468 g/mol. The van der Waals surface area contributed by atoms with Crippen molar-refractivity contribution in [3.05, 3.63) is 0 Å². The van der Waals surface area contributed by atoms with Crippen LogP contribution in [0, 0.1) is 0 Å². The van der Waals surface area contributed by atoms with Gasteiger partial charge in [0.25, 0.3) is 0 Å². The molecular formula is C16H28O8Sn.